The Bertz CT molecular complexity index is 163. The van der Waals surface area contributed by atoms with Crippen LogP contribution in [0.4, 0.5) is 0 Å². The summed E-state index contributed by atoms with van der Waals surface area (Å²) in [6.07, 6.45) is 0. The fraction of sp³-hybridized carbons (Fsp3) is 0.714. The summed E-state index contributed by atoms with van der Waals surface area (Å²) in [6, 6.07) is -0.809. The van der Waals surface area contributed by atoms with Crippen LogP contribution in [-0.2, 0) is 9.59 Å². The van der Waals surface area contributed by atoms with E-state index < -0.39 is 12.0 Å². The van der Waals surface area contributed by atoms with Crippen LogP contribution < -0.4 is 0 Å². The molecule has 0 saturated heterocycles. The van der Waals surface area contributed by atoms with Gasteiger partial charge in [-0.15, -0.1) is 0 Å². The molecule has 0 rings (SSSR count). The largest absolute Gasteiger partial charge is 0.480 e. The number of carboxylic acid groups (broad SMARTS) is 1. The summed E-state index contributed by atoms with van der Waals surface area (Å²) < 4.78 is 0. The number of aliphatic carboxylic acids is 1. The second kappa shape index (κ2) is 5.03. The van der Waals surface area contributed by atoms with Crippen LogP contribution >= 0.6 is 12.6 Å². The van der Waals surface area contributed by atoms with Crippen LogP contribution in [0.25, 0.3) is 0 Å². The van der Waals surface area contributed by atoms with Crippen molar-refractivity contribution in [1.29, 1.82) is 0 Å². The number of hydrogen-bond donors (Lipinski definition) is 2. The predicted octanol–water partition coefficient (Wildman–Crippen LogP) is 0.238. The molecular formula is C7H13NO3S. The van der Waals surface area contributed by atoms with Crippen LogP contribution in [0.15, 0.2) is 0 Å². The van der Waals surface area contributed by atoms with Crippen molar-refractivity contribution in [3.8, 4) is 0 Å². The van der Waals surface area contributed by atoms with Gasteiger partial charge in [-0.2, -0.15) is 12.6 Å². The van der Waals surface area contributed by atoms with Crippen molar-refractivity contribution in [1.82, 2.24) is 4.90 Å². The van der Waals surface area contributed by atoms with Gasteiger partial charge in [0.25, 0.3) is 0 Å². The maximum absolute atomic E-state index is 10.9. The van der Waals surface area contributed by atoms with Gasteiger partial charge in [0.2, 0.25) is 5.91 Å². The van der Waals surface area contributed by atoms with E-state index in [0.717, 1.165) is 0 Å². The minimum absolute atomic E-state index is 0.142. The first kappa shape index (κ1) is 11.3. The van der Waals surface area contributed by atoms with Gasteiger partial charge in [0.1, 0.15) is 6.04 Å². The number of carboxylic acids is 1. The first-order chi connectivity index (χ1) is 5.54. The molecule has 1 atom stereocenters. The zero-order valence-corrected chi connectivity index (χ0v) is 8.04. The number of hydrogen-bond acceptors (Lipinski definition) is 3. The summed E-state index contributed by atoms with van der Waals surface area (Å²) in [6.45, 7) is 3.48. The van der Waals surface area contributed by atoms with Gasteiger partial charge in [-0.05, 0) is 6.92 Å². The Kier molecular flexibility index (Phi) is 4.73. The van der Waals surface area contributed by atoms with E-state index in [9.17, 15) is 9.59 Å². The van der Waals surface area contributed by atoms with Crippen molar-refractivity contribution in [3.63, 3.8) is 0 Å². The zero-order valence-electron chi connectivity index (χ0n) is 7.15. The Hall–Kier alpha value is -0.710. The van der Waals surface area contributed by atoms with Crippen LogP contribution in [0.5, 0.6) is 0 Å². The van der Waals surface area contributed by atoms with Gasteiger partial charge in [-0.3, -0.25) is 4.79 Å². The van der Waals surface area contributed by atoms with Gasteiger partial charge in [-0.25, -0.2) is 4.79 Å². The third-order valence-corrected chi connectivity index (χ3v) is 1.93. The normalized spacial score (nSPS) is 12.2. The molecule has 1 amide bonds. The molecule has 0 fully saturated rings. The van der Waals surface area contributed by atoms with E-state index in [0.29, 0.717) is 6.54 Å². The molecule has 0 aliphatic carbocycles. The summed E-state index contributed by atoms with van der Waals surface area (Å²) in [5.41, 5.74) is 0. The number of amides is 1. The van der Waals surface area contributed by atoms with Gasteiger partial charge < -0.3 is 10.0 Å². The number of carbonyl (C=O) groups is 2. The Balaban J connectivity index is 4.44. The molecule has 0 spiro atoms. The molecule has 1 N–H and O–H groups in total. The summed E-state index contributed by atoms with van der Waals surface area (Å²) >= 11 is 3.87. The number of carbonyl (C=O) groups excluding carboxylic acids is 1. The first-order valence-corrected chi connectivity index (χ1v) is 4.28. The molecule has 0 aromatic rings. The van der Waals surface area contributed by atoms with E-state index >= 15 is 0 Å². The summed E-state index contributed by atoms with van der Waals surface area (Å²) in [4.78, 5) is 22.8. The zero-order chi connectivity index (χ0) is 9.72. The van der Waals surface area contributed by atoms with Crippen LogP contribution in [0.3, 0.4) is 0 Å². The van der Waals surface area contributed by atoms with E-state index in [1.165, 1.54) is 11.8 Å². The van der Waals surface area contributed by atoms with Crippen molar-refractivity contribution in [3.05, 3.63) is 0 Å². The van der Waals surface area contributed by atoms with E-state index in [2.05, 4.69) is 12.6 Å². The average molecular weight is 191 g/mol. The quantitative estimate of drug-likeness (QED) is 0.626. The highest BCUT2D eigenvalue weighted by Gasteiger charge is 2.24. The van der Waals surface area contributed by atoms with E-state index in [1.807, 2.05) is 0 Å². The molecular weight excluding hydrogens is 178 g/mol. The molecule has 0 saturated carbocycles. The maximum Gasteiger partial charge on any atom is 0.327 e. The number of likely N-dealkylation sites (N-methyl/N-ethyl adjacent to an activating group) is 1. The van der Waals surface area contributed by atoms with Crippen molar-refractivity contribution in [2.45, 2.75) is 19.9 Å². The monoisotopic (exact) mass is 191 g/mol. The highest BCUT2D eigenvalue weighted by molar-refractivity contribution is 7.80. The van der Waals surface area contributed by atoms with Gasteiger partial charge in [0, 0.05) is 19.2 Å². The average Bonchev–Trinajstić information content (AvgIpc) is 1.98. The van der Waals surface area contributed by atoms with Crippen LogP contribution in [0.1, 0.15) is 13.8 Å². The Morgan fingerprint density at radius 2 is 2.08 bits per heavy atom. The number of rotatable bonds is 4. The Morgan fingerprint density at radius 1 is 1.58 bits per heavy atom. The van der Waals surface area contributed by atoms with Crippen LogP contribution in [-0.4, -0.2) is 40.2 Å². The Labute approximate surface area is 77.0 Å². The van der Waals surface area contributed by atoms with Crippen molar-refractivity contribution < 1.29 is 14.7 Å². The molecule has 0 heterocycles. The fourth-order valence-electron chi connectivity index (χ4n) is 0.972. The van der Waals surface area contributed by atoms with Gasteiger partial charge >= 0.3 is 5.97 Å². The molecule has 0 aliphatic heterocycles. The highest BCUT2D eigenvalue weighted by Crippen LogP contribution is 2.02. The molecule has 0 aromatic heterocycles. The third kappa shape index (κ3) is 2.73. The van der Waals surface area contributed by atoms with Crippen LogP contribution in [0.2, 0.25) is 0 Å². The van der Waals surface area contributed by atoms with Crippen molar-refractivity contribution in [2.75, 3.05) is 12.3 Å². The van der Waals surface area contributed by atoms with E-state index in [4.69, 9.17) is 5.11 Å². The lowest BCUT2D eigenvalue weighted by atomic mass is 10.3. The van der Waals surface area contributed by atoms with Crippen molar-refractivity contribution in [2.24, 2.45) is 0 Å². The lowest BCUT2D eigenvalue weighted by molar-refractivity contribution is -0.148. The topological polar surface area (TPSA) is 57.6 Å². The SMILES string of the molecule is CCN(C(C)=O)C(CS)C(=O)O. The van der Waals surface area contributed by atoms with Crippen molar-refractivity contribution >= 4 is 24.5 Å². The molecule has 0 aliphatic rings. The summed E-state index contributed by atoms with van der Waals surface area (Å²) in [5, 5.41) is 8.68. The maximum atomic E-state index is 10.9. The van der Waals surface area contributed by atoms with E-state index in [-0.39, 0.29) is 11.7 Å². The van der Waals surface area contributed by atoms with Gasteiger partial charge in [-0.1, -0.05) is 0 Å². The van der Waals surface area contributed by atoms with Crippen LogP contribution in [0, 0.1) is 0 Å². The second-order valence-corrected chi connectivity index (χ2v) is 2.71. The molecule has 0 radical (unpaired) electrons. The Morgan fingerprint density at radius 3 is 2.17 bits per heavy atom. The minimum Gasteiger partial charge on any atom is -0.480 e. The van der Waals surface area contributed by atoms with Gasteiger partial charge in [0.15, 0.2) is 0 Å². The number of nitrogens with zero attached hydrogens (tertiary/aromatic N) is 1. The molecule has 1 unspecified atom stereocenters. The summed E-state index contributed by atoms with van der Waals surface area (Å²) in [5.74, 6) is -1.11. The standard InChI is InChI=1S/C7H13NO3S/c1-3-8(5(2)9)6(4-12)7(10)11/h6,12H,3-4H2,1-2H3,(H,10,11). The second-order valence-electron chi connectivity index (χ2n) is 2.34. The molecule has 12 heavy (non-hydrogen) atoms. The molecule has 4 nitrogen and oxygen atoms in total. The van der Waals surface area contributed by atoms with E-state index in [1.54, 1.807) is 6.92 Å². The molecule has 0 aromatic carbocycles. The highest BCUT2D eigenvalue weighted by atomic mass is 32.1. The first-order valence-electron chi connectivity index (χ1n) is 3.65. The lowest BCUT2D eigenvalue weighted by Gasteiger charge is -2.24. The minimum atomic E-state index is -1.01. The summed E-state index contributed by atoms with van der Waals surface area (Å²) in [7, 11) is 0. The smallest absolute Gasteiger partial charge is 0.327 e. The number of thiol groups is 1. The van der Waals surface area contributed by atoms with Gasteiger partial charge in [0.05, 0.1) is 0 Å². The molecule has 70 valence electrons. The molecule has 5 heteroatoms. The fourth-order valence-corrected chi connectivity index (χ4v) is 1.33. The molecule has 0 bridgehead atoms. The predicted molar refractivity (Wildman–Crippen MR) is 48.3 cm³/mol. The lowest BCUT2D eigenvalue weighted by Crippen LogP contribution is -2.45. The third-order valence-electron chi connectivity index (χ3n) is 1.58.